The molecule has 0 fully saturated rings. The second kappa shape index (κ2) is 5.06. The molecule has 0 aliphatic rings. The summed E-state index contributed by atoms with van der Waals surface area (Å²) < 4.78 is 23.7. The molecule has 1 aromatic rings. The van der Waals surface area contributed by atoms with Crippen molar-refractivity contribution in [1.82, 2.24) is 0 Å². The molecule has 0 aliphatic heterocycles. The molecule has 0 aliphatic carbocycles. The lowest BCUT2D eigenvalue weighted by atomic mass is 10.2. The summed E-state index contributed by atoms with van der Waals surface area (Å²) in [6.45, 7) is 3.58. The summed E-state index contributed by atoms with van der Waals surface area (Å²) in [5, 5.41) is 0.120. The Morgan fingerprint density at radius 1 is 1.44 bits per heavy atom. The fraction of sp³-hybridized carbons (Fsp3) is 0.455. The fourth-order valence-corrected chi connectivity index (χ4v) is 2.87. The largest absolute Gasteiger partial charge is 0.398 e. The zero-order chi connectivity index (χ0) is 12.3. The Morgan fingerprint density at radius 2 is 2.06 bits per heavy atom. The molecule has 90 valence electrons. The third-order valence-electron chi connectivity index (χ3n) is 2.62. The molecule has 1 rings (SSSR count). The first-order chi connectivity index (χ1) is 7.36. The van der Waals surface area contributed by atoms with Crippen LogP contribution in [0.15, 0.2) is 18.2 Å². The zero-order valence-corrected chi connectivity index (χ0v) is 11.0. The molecular formula is C11H16ClNO2S. The van der Waals surface area contributed by atoms with E-state index in [0.717, 1.165) is 0 Å². The number of nitrogens with two attached hydrogens (primary N) is 1. The maximum atomic E-state index is 11.9. The van der Waals surface area contributed by atoms with Crippen molar-refractivity contribution in [3.05, 3.63) is 28.8 Å². The lowest BCUT2D eigenvalue weighted by Crippen LogP contribution is -2.18. The highest BCUT2D eigenvalue weighted by atomic mass is 35.5. The molecule has 1 atom stereocenters. The van der Waals surface area contributed by atoms with Gasteiger partial charge in [0.2, 0.25) is 0 Å². The van der Waals surface area contributed by atoms with E-state index in [4.69, 9.17) is 17.3 Å². The molecule has 0 saturated carbocycles. The molecule has 0 radical (unpaired) electrons. The molecule has 16 heavy (non-hydrogen) atoms. The van der Waals surface area contributed by atoms with Gasteiger partial charge in [0, 0.05) is 0 Å². The van der Waals surface area contributed by atoms with Crippen molar-refractivity contribution < 1.29 is 8.42 Å². The summed E-state index contributed by atoms with van der Waals surface area (Å²) in [6, 6.07) is 4.93. The molecule has 0 amide bonds. The summed E-state index contributed by atoms with van der Waals surface area (Å²) in [5.74, 6) is 0.0172. The van der Waals surface area contributed by atoms with Gasteiger partial charge in [0.05, 0.1) is 21.7 Å². The van der Waals surface area contributed by atoms with Gasteiger partial charge in [-0.15, -0.1) is 0 Å². The quantitative estimate of drug-likeness (QED) is 0.848. The molecule has 5 heteroatoms. The maximum absolute atomic E-state index is 11.9. The Balaban J connectivity index is 2.93. The summed E-state index contributed by atoms with van der Waals surface area (Å²) in [6.07, 6.45) is 0.616. The molecule has 0 heterocycles. The van der Waals surface area contributed by atoms with Gasteiger partial charge < -0.3 is 5.73 Å². The van der Waals surface area contributed by atoms with Gasteiger partial charge in [0.1, 0.15) is 0 Å². The minimum Gasteiger partial charge on any atom is -0.398 e. The minimum atomic E-state index is -3.09. The number of hydrogen-bond acceptors (Lipinski definition) is 3. The van der Waals surface area contributed by atoms with Crippen LogP contribution in [0.2, 0.25) is 5.02 Å². The standard InChI is InChI=1S/C11H16ClNO2S/c1-3-8(2)16(14,15)7-9-4-5-10(12)11(13)6-9/h4-6,8H,3,7,13H2,1-2H3. The van der Waals surface area contributed by atoms with Crippen LogP contribution in [-0.4, -0.2) is 13.7 Å². The molecule has 2 N–H and O–H groups in total. The van der Waals surface area contributed by atoms with Crippen LogP contribution in [0.4, 0.5) is 5.69 Å². The van der Waals surface area contributed by atoms with Crippen molar-refractivity contribution in [3.8, 4) is 0 Å². The Kier molecular flexibility index (Phi) is 4.21. The third kappa shape index (κ3) is 3.12. The van der Waals surface area contributed by atoms with Gasteiger partial charge in [0.25, 0.3) is 0 Å². The number of sulfone groups is 1. The van der Waals surface area contributed by atoms with E-state index < -0.39 is 9.84 Å². The Morgan fingerprint density at radius 3 is 2.56 bits per heavy atom. The number of benzene rings is 1. The highest BCUT2D eigenvalue weighted by Gasteiger charge is 2.19. The summed E-state index contributed by atoms with van der Waals surface area (Å²) >= 11 is 5.77. The third-order valence-corrected chi connectivity index (χ3v) is 5.26. The fourth-order valence-electron chi connectivity index (χ4n) is 1.31. The summed E-state index contributed by atoms with van der Waals surface area (Å²) in [5.41, 5.74) is 6.72. The lowest BCUT2D eigenvalue weighted by molar-refractivity contribution is 0.580. The highest BCUT2D eigenvalue weighted by molar-refractivity contribution is 7.91. The second-order valence-electron chi connectivity index (χ2n) is 3.88. The van der Waals surface area contributed by atoms with Gasteiger partial charge >= 0.3 is 0 Å². The van der Waals surface area contributed by atoms with Gasteiger partial charge in [0.15, 0.2) is 9.84 Å². The summed E-state index contributed by atoms with van der Waals surface area (Å²) in [7, 11) is -3.09. The van der Waals surface area contributed by atoms with E-state index in [1.807, 2.05) is 6.92 Å². The maximum Gasteiger partial charge on any atom is 0.157 e. The van der Waals surface area contributed by atoms with Crippen molar-refractivity contribution in [2.24, 2.45) is 0 Å². The first-order valence-electron chi connectivity index (χ1n) is 5.12. The van der Waals surface area contributed by atoms with Crippen LogP contribution in [-0.2, 0) is 15.6 Å². The number of halogens is 1. The molecular weight excluding hydrogens is 246 g/mol. The van der Waals surface area contributed by atoms with E-state index in [9.17, 15) is 8.42 Å². The van der Waals surface area contributed by atoms with Crippen LogP contribution >= 0.6 is 11.6 Å². The van der Waals surface area contributed by atoms with Crippen LogP contribution in [0, 0.1) is 0 Å². The Labute approximate surface area is 102 Å². The SMILES string of the molecule is CCC(C)S(=O)(=O)Cc1ccc(Cl)c(N)c1. The van der Waals surface area contributed by atoms with E-state index in [1.54, 1.807) is 25.1 Å². The Hall–Kier alpha value is -0.740. The summed E-state index contributed by atoms with van der Waals surface area (Å²) in [4.78, 5) is 0. The topological polar surface area (TPSA) is 60.2 Å². The van der Waals surface area contributed by atoms with E-state index in [2.05, 4.69) is 0 Å². The van der Waals surface area contributed by atoms with Gasteiger partial charge in [-0.1, -0.05) is 24.6 Å². The van der Waals surface area contributed by atoms with Gasteiger partial charge in [-0.05, 0) is 31.0 Å². The van der Waals surface area contributed by atoms with Crippen molar-refractivity contribution in [2.75, 3.05) is 5.73 Å². The molecule has 3 nitrogen and oxygen atoms in total. The average Bonchev–Trinajstić information content (AvgIpc) is 2.22. The van der Waals surface area contributed by atoms with Crippen molar-refractivity contribution in [1.29, 1.82) is 0 Å². The van der Waals surface area contributed by atoms with E-state index in [1.165, 1.54) is 0 Å². The smallest absolute Gasteiger partial charge is 0.157 e. The van der Waals surface area contributed by atoms with Gasteiger partial charge in [-0.2, -0.15) is 0 Å². The van der Waals surface area contributed by atoms with E-state index in [-0.39, 0.29) is 11.0 Å². The number of anilines is 1. The van der Waals surface area contributed by atoms with E-state index in [0.29, 0.717) is 22.7 Å². The lowest BCUT2D eigenvalue weighted by Gasteiger charge is -2.11. The van der Waals surface area contributed by atoms with Crippen molar-refractivity contribution in [2.45, 2.75) is 31.3 Å². The number of nitrogen functional groups attached to an aromatic ring is 1. The van der Waals surface area contributed by atoms with Crippen molar-refractivity contribution >= 4 is 27.1 Å². The first kappa shape index (κ1) is 13.3. The van der Waals surface area contributed by atoms with Gasteiger partial charge in [-0.25, -0.2) is 8.42 Å². The Bertz CT molecular complexity index is 471. The predicted octanol–water partition coefficient (Wildman–Crippen LogP) is 2.64. The first-order valence-corrected chi connectivity index (χ1v) is 7.21. The van der Waals surface area contributed by atoms with Crippen LogP contribution in [0.25, 0.3) is 0 Å². The molecule has 1 unspecified atom stereocenters. The van der Waals surface area contributed by atoms with Crippen LogP contribution in [0.5, 0.6) is 0 Å². The second-order valence-corrected chi connectivity index (χ2v) is 6.71. The molecule has 1 aromatic carbocycles. The van der Waals surface area contributed by atoms with E-state index >= 15 is 0 Å². The predicted molar refractivity (Wildman–Crippen MR) is 68.2 cm³/mol. The molecule has 0 saturated heterocycles. The minimum absolute atomic E-state index is 0.0172. The average molecular weight is 262 g/mol. The molecule has 0 bridgehead atoms. The number of rotatable bonds is 4. The van der Waals surface area contributed by atoms with Gasteiger partial charge in [-0.3, -0.25) is 0 Å². The molecule has 0 aromatic heterocycles. The van der Waals surface area contributed by atoms with Crippen molar-refractivity contribution in [3.63, 3.8) is 0 Å². The normalized spacial score (nSPS) is 13.7. The van der Waals surface area contributed by atoms with Crippen LogP contribution in [0.3, 0.4) is 0 Å². The monoisotopic (exact) mass is 261 g/mol. The number of hydrogen-bond donors (Lipinski definition) is 1. The molecule has 0 spiro atoms. The zero-order valence-electron chi connectivity index (χ0n) is 9.40. The highest BCUT2D eigenvalue weighted by Crippen LogP contribution is 2.22. The van der Waals surface area contributed by atoms with Crippen LogP contribution < -0.4 is 5.73 Å². The van der Waals surface area contributed by atoms with Crippen LogP contribution in [0.1, 0.15) is 25.8 Å².